The summed E-state index contributed by atoms with van der Waals surface area (Å²) in [6.07, 6.45) is 6.38. The minimum absolute atomic E-state index is 0.779. The molecule has 112 valence electrons. The zero-order chi connectivity index (χ0) is 14.4. The van der Waals surface area contributed by atoms with Gasteiger partial charge in [0.15, 0.2) is 0 Å². The van der Waals surface area contributed by atoms with Crippen molar-refractivity contribution in [2.45, 2.75) is 26.3 Å². The molecular weight excluding hydrogens is 248 g/mol. The van der Waals surface area contributed by atoms with Crippen LogP contribution in [0.3, 0.4) is 0 Å². The normalized spacial score (nSPS) is 19.4. The molecule has 1 N–H and O–H groups in total. The fourth-order valence-electron chi connectivity index (χ4n) is 2.97. The first-order valence-corrected chi connectivity index (χ1v) is 7.74. The zero-order valence-electron chi connectivity index (χ0n) is 13.1. The van der Waals surface area contributed by atoms with Crippen LogP contribution in [-0.2, 0) is 6.54 Å². The minimum Gasteiger partial charge on any atom is -0.373 e. The van der Waals surface area contributed by atoms with Gasteiger partial charge in [-0.2, -0.15) is 0 Å². The average molecular weight is 276 g/mol. The van der Waals surface area contributed by atoms with E-state index >= 15 is 0 Å². The van der Waals surface area contributed by atoms with Crippen molar-refractivity contribution in [2.75, 3.05) is 45.2 Å². The maximum absolute atomic E-state index is 4.30. The molecule has 0 spiro atoms. The molecular formula is C16H28N4. The Balaban J connectivity index is 1.95. The molecule has 0 amide bonds. The third kappa shape index (κ3) is 4.18. The van der Waals surface area contributed by atoms with Crippen molar-refractivity contribution in [1.82, 2.24) is 15.2 Å². The van der Waals surface area contributed by atoms with Crippen LogP contribution in [0.15, 0.2) is 18.5 Å². The van der Waals surface area contributed by atoms with Gasteiger partial charge in [-0.3, -0.25) is 4.98 Å². The number of hydrogen-bond acceptors (Lipinski definition) is 4. The van der Waals surface area contributed by atoms with E-state index in [0.29, 0.717) is 0 Å². The van der Waals surface area contributed by atoms with Crippen LogP contribution in [0.4, 0.5) is 5.69 Å². The van der Waals surface area contributed by atoms with Crippen LogP contribution in [0.1, 0.15) is 25.3 Å². The first-order chi connectivity index (χ1) is 9.70. The zero-order valence-corrected chi connectivity index (χ0v) is 13.1. The molecule has 1 aromatic rings. The highest BCUT2D eigenvalue weighted by atomic mass is 15.2. The molecule has 4 heteroatoms. The largest absolute Gasteiger partial charge is 0.373 e. The molecule has 1 unspecified atom stereocenters. The number of anilines is 1. The van der Waals surface area contributed by atoms with Crippen molar-refractivity contribution in [3.8, 4) is 0 Å². The summed E-state index contributed by atoms with van der Waals surface area (Å²) in [5.41, 5.74) is 2.62. The Morgan fingerprint density at radius 3 is 3.05 bits per heavy atom. The fourth-order valence-corrected chi connectivity index (χ4v) is 2.97. The van der Waals surface area contributed by atoms with Gasteiger partial charge in [-0.15, -0.1) is 0 Å². The summed E-state index contributed by atoms with van der Waals surface area (Å²) < 4.78 is 0. The second-order valence-corrected chi connectivity index (χ2v) is 5.98. The Hall–Kier alpha value is -1.13. The SMILES string of the molecule is CCCNCc1ccncc1N(C)CC1CCN(C)C1. The highest BCUT2D eigenvalue weighted by Crippen LogP contribution is 2.22. The molecule has 0 aromatic carbocycles. The molecule has 4 nitrogen and oxygen atoms in total. The van der Waals surface area contributed by atoms with E-state index in [1.54, 1.807) is 0 Å². The molecule has 1 aliphatic heterocycles. The third-order valence-corrected chi connectivity index (χ3v) is 4.06. The molecule has 1 fully saturated rings. The lowest BCUT2D eigenvalue weighted by molar-refractivity contribution is 0.396. The van der Waals surface area contributed by atoms with Crippen molar-refractivity contribution in [3.63, 3.8) is 0 Å². The first kappa shape index (κ1) is 15.3. The van der Waals surface area contributed by atoms with E-state index in [9.17, 15) is 0 Å². The lowest BCUT2D eigenvalue weighted by Gasteiger charge is -2.25. The average Bonchev–Trinajstić information content (AvgIpc) is 2.85. The number of hydrogen-bond donors (Lipinski definition) is 1. The van der Waals surface area contributed by atoms with E-state index in [0.717, 1.165) is 25.6 Å². The summed E-state index contributed by atoms with van der Waals surface area (Å²) in [7, 11) is 4.41. The van der Waals surface area contributed by atoms with E-state index in [4.69, 9.17) is 0 Å². The molecule has 0 saturated carbocycles. The van der Waals surface area contributed by atoms with Gasteiger partial charge >= 0.3 is 0 Å². The highest BCUT2D eigenvalue weighted by Gasteiger charge is 2.21. The van der Waals surface area contributed by atoms with E-state index in [1.807, 2.05) is 12.4 Å². The number of rotatable bonds is 7. The Labute approximate surface area is 123 Å². The molecule has 2 heterocycles. The molecule has 0 radical (unpaired) electrons. The van der Waals surface area contributed by atoms with Crippen molar-refractivity contribution >= 4 is 5.69 Å². The lowest BCUT2D eigenvalue weighted by Crippen LogP contribution is -2.28. The molecule has 1 saturated heterocycles. The molecule has 20 heavy (non-hydrogen) atoms. The number of aromatic nitrogens is 1. The second-order valence-electron chi connectivity index (χ2n) is 5.98. The van der Waals surface area contributed by atoms with Crippen molar-refractivity contribution in [2.24, 2.45) is 5.92 Å². The summed E-state index contributed by atoms with van der Waals surface area (Å²) in [5, 5.41) is 3.48. The standard InChI is InChI=1S/C16H28N4/c1-4-7-17-10-15-5-8-18-11-16(15)20(3)13-14-6-9-19(2)12-14/h5,8,11,14,17H,4,6-7,9-10,12-13H2,1-3H3. The predicted octanol–water partition coefficient (Wildman–Crippen LogP) is 1.97. The van der Waals surface area contributed by atoms with E-state index in [2.05, 4.69) is 47.2 Å². The Morgan fingerprint density at radius 2 is 2.35 bits per heavy atom. The van der Waals surface area contributed by atoms with Crippen LogP contribution >= 0.6 is 0 Å². The van der Waals surface area contributed by atoms with Crippen molar-refractivity contribution in [1.29, 1.82) is 0 Å². The van der Waals surface area contributed by atoms with Gasteiger partial charge in [0.25, 0.3) is 0 Å². The Morgan fingerprint density at radius 1 is 1.50 bits per heavy atom. The van der Waals surface area contributed by atoms with Gasteiger partial charge in [0, 0.05) is 32.9 Å². The summed E-state index contributed by atoms with van der Waals surface area (Å²) in [5.74, 6) is 0.779. The van der Waals surface area contributed by atoms with Crippen LogP contribution in [-0.4, -0.2) is 50.2 Å². The summed E-state index contributed by atoms with van der Waals surface area (Å²) in [6.45, 7) is 7.77. The van der Waals surface area contributed by atoms with Gasteiger partial charge in [-0.05, 0) is 50.5 Å². The van der Waals surface area contributed by atoms with Gasteiger partial charge in [0.2, 0.25) is 0 Å². The van der Waals surface area contributed by atoms with E-state index in [-0.39, 0.29) is 0 Å². The Bertz CT molecular complexity index is 407. The second kappa shape index (κ2) is 7.60. The molecule has 0 aliphatic carbocycles. The summed E-state index contributed by atoms with van der Waals surface area (Å²) >= 11 is 0. The third-order valence-electron chi connectivity index (χ3n) is 4.06. The van der Waals surface area contributed by atoms with E-state index in [1.165, 1.54) is 37.2 Å². The van der Waals surface area contributed by atoms with Crippen LogP contribution in [0, 0.1) is 5.92 Å². The lowest BCUT2D eigenvalue weighted by atomic mass is 10.1. The van der Waals surface area contributed by atoms with Gasteiger partial charge < -0.3 is 15.1 Å². The van der Waals surface area contributed by atoms with Gasteiger partial charge in [-0.25, -0.2) is 0 Å². The number of nitrogens with one attached hydrogen (secondary N) is 1. The molecule has 1 aliphatic rings. The van der Waals surface area contributed by atoms with Gasteiger partial charge in [-0.1, -0.05) is 6.92 Å². The number of nitrogens with zero attached hydrogens (tertiary/aromatic N) is 3. The monoisotopic (exact) mass is 276 g/mol. The summed E-state index contributed by atoms with van der Waals surface area (Å²) in [4.78, 5) is 9.10. The first-order valence-electron chi connectivity index (χ1n) is 7.74. The Kier molecular flexibility index (Phi) is 5.80. The smallest absolute Gasteiger partial charge is 0.0595 e. The van der Waals surface area contributed by atoms with Crippen LogP contribution < -0.4 is 10.2 Å². The number of pyridine rings is 1. The number of likely N-dealkylation sites (tertiary alicyclic amines) is 1. The van der Waals surface area contributed by atoms with Crippen LogP contribution in [0.2, 0.25) is 0 Å². The highest BCUT2D eigenvalue weighted by molar-refractivity contribution is 5.51. The topological polar surface area (TPSA) is 31.4 Å². The quantitative estimate of drug-likeness (QED) is 0.772. The van der Waals surface area contributed by atoms with Crippen LogP contribution in [0.5, 0.6) is 0 Å². The molecule has 2 rings (SSSR count). The molecule has 0 bridgehead atoms. The van der Waals surface area contributed by atoms with Crippen molar-refractivity contribution < 1.29 is 0 Å². The van der Waals surface area contributed by atoms with Gasteiger partial charge in [0.1, 0.15) is 0 Å². The minimum atomic E-state index is 0.779. The molecule has 1 atom stereocenters. The maximum Gasteiger partial charge on any atom is 0.0595 e. The van der Waals surface area contributed by atoms with E-state index < -0.39 is 0 Å². The molecule has 1 aromatic heterocycles. The summed E-state index contributed by atoms with van der Waals surface area (Å²) in [6, 6.07) is 2.13. The van der Waals surface area contributed by atoms with Gasteiger partial charge in [0.05, 0.1) is 11.9 Å². The predicted molar refractivity (Wildman–Crippen MR) is 85.1 cm³/mol. The van der Waals surface area contributed by atoms with Crippen LogP contribution in [0.25, 0.3) is 0 Å². The van der Waals surface area contributed by atoms with Crippen molar-refractivity contribution in [3.05, 3.63) is 24.0 Å². The maximum atomic E-state index is 4.30. The fraction of sp³-hybridized carbons (Fsp3) is 0.688.